The van der Waals surface area contributed by atoms with Crippen LogP contribution in [0.15, 0.2) is 46.7 Å². The van der Waals surface area contributed by atoms with E-state index in [0.29, 0.717) is 13.0 Å². The Balaban J connectivity index is 1.48. The molecule has 2 aliphatic heterocycles. The third-order valence-electron chi connectivity index (χ3n) is 5.27. The van der Waals surface area contributed by atoms with Gasteiger partial charge >= 0.3 is 0 Å². The van der Waals surface area contributed by atoms with Crippen LogP contribution < -0.4 is 4.90 Å². The van der Waals surface area contributed by atoms with Gasteiger partial charge in [-0.15, -0.1) is 23.1 Å². The average Bonchev–Trinajstić information content (AvgIpc) is 3.41. The molecule has 2 amide bonds. The first-order chi connectivity index (χ1) is 12.7. The predicted octanol–water partition coefficient (Wildman–Crippen LogP) is 4.19. The number of hydrogen-bond acceptors (Lipinski definition) is 4. The number of likely N-dealkylation sites (tertiary alicyclic amines) is 1. The maximum atomic E-state index is 13.1. The normalized spacial score (nSPS) is 23.0. The van der Waals surface area contributed by atoms with Crippen LogP contribution in [0.25, 0.3) is 0 Å². The highest BCUT2D eigenvalue weighted by Gasteiger charge is 2.40. The number of hydrogen-bond donors (Lipinski definition) is 0. The van der Waals surface area contributed by atoms with E-state index in [1.54, 1.807) is 28.0 Å². The Morgan fingerprint density at radius 1 is 1.23 bits per heavy atom. The Kier molecular flexibility index (Phi) is 5.05. The van der Waals surface area contributed by atoms with Crippen molar-refractivity contribution in [3.05, 3.63) is 46.7 Å². The first-order valence-electron chi connectivity index (χ1n) is 8.95. The molecule has 0 N–H and O–H groups in total. The molecule has 136 valence electrons. The fourth-order valence-electron chi connectivity index (χ4n) is 3.93. The predicted molar refractivity (Wildman–Crippen MR) is 107 cm³/mol. The molecular formula is C20H22N2O2S2. The molecule has 2 unspecified atom stereocenters. The summed E-state index contributed by atoms with van der Waals surface area (Å²) >= 11 is 3.39. The largest absolute Gasteiger partial charge is 0.335 e. The van der Waals surface area contributed by atoms with Crippen molar-refractivity contribution in [2.45, 2.75) is 30.2 Å². The zero-order chi connectivity index (χ0) is 18.1. The summed E-state index contributed by atoms with van der Waals surface area (Å²) in [5.41, 5.74) is 0.888. The van der Waals surface area contributed by atoms with Crippen molar-refractivity contribution in [2.24, 2.45) is 5.92 Å². The molecule has 0 bridgehead atoms. The third kappa shape index (κ3) is 3.28. The third-order valence-corrected chi connectivity index (χ3v) is 6.98. The monoisotopic (exact) mass is 386 g/mol. The smallest absolute Gasteiger partial charge is 0.228 e. The minimum absolute atomic E-state index is 0.0483. The SMILES string of the molecule is CSc1ccc(N2CC(C(=O)N3CCCC3c3cccs3)CC2=O)cc1. The second-order valence-corrected chi connectivity index (χ2v) is 8.67. The number of amides is 2. The van der Waals surface area contributed by atoms with Crippen LogP contribution in [0.4, 0.5) is 5.69 Å². The number of carbonyl (C=O) groups excluding carboxylic acids is 2. The molecule has 2 aromatic rings. The van der Waals surface area contributed by atoms with Gasteiger partial charge in [0.25, 0.3) is 0 Å². The Bertz CT molecular complexity index is 789. The van der Waals surface area contributed by atoms with Crippen molar-refractivity contribution in [2.75, 3.05) is 24.2 Å². The van der Waals surface area contributed by atoms with Crippen molar-refractivity contribution in [1.82, 2.24) is 4.90 Å². The summed E-state index contributed by atoms with van der Waals surface area (Å²) in [5, 5.41) is 2.06. The molecule has 0 aliphatic carbocycles. The van der Waals surface area contributed by atoms with Gasteiger partial charge in [0, 0.05) is 35.0 Å². The van der Waals surface area contributed by atoms with E-state index in [2.05, 4.69) is 11.4 Å². The highest BCUT2D eigenvalue weighted by molar-refractivity contribution is 7.98. The average molecular weight is 387 g/mol. The van der Waals surface area contributed by atoms with E-state index in [1.165, 1.54) is 9.77 Å². The molecule has 2 aliphatic rings. The van der Waals surface area contributed by atoms with E-state index in [9.17, 15) is 9.59 Å². The first kappa shape index (κ1) is 17.6. The summed E-state index contributed by atoms with van der Waals surface area (Å²) < 4.78 is 0. The minimum atomic E-state index is -0.233. The lowest BCUT2D eigenvalue weighted by molar-refractivity contribution is -0.136. The molecule has 4 nitrogen and oxygen atoms in total. The first-order valence-corrected chi connectivity index (χ1v) is 11.1. The molecular weight excluding hydrogens is 364 g/mol. The van der Waals surface area contributed by atoms with E-state index in [-0.39, 0.29) is 23.8 Å². The molecule has 3 heterocycles. The lowest BCUT2D eigenvalue weighted by Crippen LogP contribution is -2.36. The molecule has 4 rings (SSSR count). The molecule has 0 radical (unpaired) electrons. The van der Waals surface area contributed by atoms with Gasteiger partial charge in [0.05, 0.1) is 12.0 Å². The maximum absolute atomic E-state index is 13.1. The number of carbonyl (C=O) groups is 2. The molecule has 1 aromatic heterocycles. The standard InChI is InChI=1S/C20H22N2O2S2/c1-25-16-8-6-15(7-9-16)22-13-14(12-19(22)23)20(24)21-10-2-4-17(21)18-5-3-11-26-18/h3,5-9,11,14,17H,2,4,10,12-13H2,1H3. The quantitative estimate of drug-likeness (QED) is 0.740. The van der Waals surface area contributed by atoms with E-state index >= 15 is 0 Å². The minimum Gasteiger partial charge on any atom is -0.335 e. The van der Waals surface area contributed by atoms with Gasteiger partial charge in [-0.05, 0) is 54.8 Å². The number of thiophene rings is 1. The van der Waals surface area contributed by atoms with Crippen molar-refractivity contribution in [3.8, 4) is 0 Å². The van der Waals surface area contributed by atoms with Gasteiger partial charge in [-0.25, -0.2) is 0 Å². The summed E-state index contributed by atoms with van der Waals surface area (Å²) in [6.07, 6.45) is 4.41. The van der Waals surface area contributed by atoms with Crippen LogP contribution in [0.3, 0.4) is 0 Å². The van der Waals surface area contributed by atoms with E-state index in [0.717, 1.165) is 25.1 Å². The summed E-state index contributed by atoms with van der Waals surface area (Å²) in [5.74, 6) is -0.0482. The fraction of sp³-hybridized carbons (Fsp3) is 0.400. The van der Waals surface area contributed by atoms with Gasteiger partial charge in [-0.3, -0.25) is 9.59 Å². The van der Waals surface area contributed by atoms with E-state index in [1.807, 2.05) is 41.5 Å². The van der Waals surface area contributed by atoms with Gasteiger partial charge in [0.1, 0.15) is 0 Å². The lowest BCUT2D eigenvalue weighted by Gasteiger charge is -2.26. The molecule has 2 fully saturated rings. The van der Waals surface area contributed by atoms with Crippen molar-refractivity contribution >= 4 is 40.6 Å². The summed E-state index contributed by atoms with van der Waals surface area (Å²) in [6.45, 7) is 1.29. The van der Waals surface area contributed by atoms with Crippen LogP contribution in [0.5, 0.6) is 0 Å². The van der Waals surface area contributed by atoms with Crippen LogP contribution in [0.2, 0.25) is 0 Å². The van der Waals surface area contributed by atoms with Gasteiger partial charge in [0.2, 0.25) is 11.8 Å². The number of benzene rings is 1. The number of anilines is 1. The molecule has 26 heavy (non-hydrogen) atoms. The van der Waals surface area contributed by atoms with Crippen LogP contribution in [-0.2, 0) is 9.59 Å². The van der Waals surface area contributed by atoms with Gasteiger partial charge in [-0.1, -0.05) is 6.07 Å². The molecule has 0 spiro atoms. The topological polar surface area (TPSA) is 40.6 Å². The van der Waals surface area contributed by atoms with Crippen LogP contribution in [-0.4, -0.2) is 36.1 Å². The van der Waals surface area contributed by atoms with E-state index < -0.39 is 0 Å². The Labute approximate surface area is 162 Å². The fourth-order valence-corrected chi connectivity index (χ4v) is 5.21. The summed E-state index contributed by atoms with van der Waals surface area (Å²) in [7, 11) is 0. The maximum Gasteiger partial charge on any atom is 0.228 e. The highest BCUT2D eigenvalue weighted by Crippen LogP contribution is 2.37. The zero-order valence-corrected chi connectivity index (χ0v) is 16.4. The Morgan fingerprint density at radius 2 is 2.04 bits per heavy atom. The summed E-state index contributed by atoms with van der Waals surface area (Å²) in [6, 6.07) is 12.3. The van der Waals surface area contributed by atoms with Crippen LogP contribution in [0.1, 0.15) is 30.2 Å². The number of thioether (sulfide) groups is 1. The summed E-state index contributed by atoms with van der Waals surface area (Å²) in [4.78, 5) is 31.8. The van der Waals surface area contributed by atoms with Gasteiger partial charge < -0.3 is 9.80 Å². The van der Waals surface area contributed by atoms with Crippen LogP contribution in [0, 0.1) is 5.92 Å². The second kappa shape index (κ2) is 7.45. The lowest BCUT2D eigenvalue weighted by atomic mass is 10.1. The Hall–Kier alpha value is -1.79. The zero-order valence-electron chi connectivity index (χ0n) is 14.8. The van der Waals surface area contributed by atoms with E-state index in [4.69, 9.17) is 0 Å². The molecule has 6 heteroatoms. The Morgan fingerprint density at radius 3 is 2.73 bits per heavy atom. The number of rotatable bonds is 4. The van der Waals surface area contributed by atoms with Gasteiger partial charge in [-0.2, -0.15) is 0 Å². The molecule has 1 aromatic carbocycles. The molecule has 0 saturated carbocycles. The van der Waals surface area contributed by atoms with Crippen molar-refractivity contribution in [3.63, 3.8) is 0 Å². The van der Waals surface area contributed by atoms with Crippen molar-refractivity contribution < 1.29 is 9.59 Å². The number of nitrogens with zero attached hydrogens (tertiary/aromatic N) is 2. The molecule has 2 atom stereocenters. The second-order valence-electron chi connectivity index (χ2n) is 6.81. The highest BCUT2D eigenvalue weighted by atomic mass is 32.2. The molecule has 2 saturated heterocycles. The van der Waals surface area contributed by atoms with Crippen molar-refractivity contribution in [1.29, 1.82) is 0 Å². The van der Waals surface area contributed by atoms with Gasteiger partial charge in [0.15, 0.2) is 0 Å². The van der Waals surface area contributed by atoms with Crippen LogP contribution >= 0.6 is 23.1 Å².